The first kappa shape index (κ1) is 27.3. The van der Waals surface area contributed by atoms with E-state index in [-0.39, 0.29) is 30.0 Å². The second kappa shape index (κ2) is 8.63. The average molecular weight is 553 g/mol. The molecule has 5 N–H and O–H groups in total. The quantitative estimate of drug-likeness (QED) is 0.233. The molecule has 13 nitrogen and oxygen atoms in total. The molecule has 5 rings (SSSR count). The lowest BCUT2D eigenvalue weighted by atomic mass is 9.42. The summed E-state index contributed by atoms with van der Waals surface area (Å²) in [6.07, 6.45) is -0.115. The highest BCUT2D eigenvalue weighted by molar-refractivity contribution is 6.33. The van der Waals surface area contributed by atoms with Crippen LogP contribution in [0.1, 0.15) is 36.2 Å². The molecule has 6 atom stereocenters. The predicted molar refractivity (Wildman–Crippen MR) is 138 cm³/mol. The number of nitrogens with zero attached hydrogens (tertiary/aromatic N) is 2. The molecule has 2 aromatic rings. The Hall–Kier alpha value is -4.23. The van der Waals surface area contributed by atoms with Crippen molar-refractivity contribution in [3.8, 4) is 17.1 Å². The number of ketones is 4. The highest BCUT2D eigenvalue weighted by atomic mass is 16.4. The van der Waals surface area contributed by atoms with Gasteiger partial charge >= 0.3 is 0 Å². The number of hydrogen-bond acceptors (Lipinski definition) is 11. The zero-order valence-electron chi connectivity index (χ0n) is 22.2. The van der Waals surface area contributed by atoms with Crippen LogP contribution in [0.4, 0.5) is 5.88 Å². The number of carbonyl (C=O) groups excluding carboxylic acids is 5. The second-order valence-electron chi connectivity index (χ2n) is 11.6. The molecule has 3 aliphatic carbocycles. The van der Waals surface area contributed by atoms with Crippen LogP contribution in [-0.2, 0) is 25.6 Å². The molecule has 13 heteroatoms. The standard InChI is InChI=1S/C27H28N4O9/c1-25-9-12-11(14-7-8-15(40-14)29-30-39)5-6-13(32)16(12)19(33)18(25)23(36)27(38)22(35)17(24(28)37)20(34)21(31(3)4)26(27,2)10-25/h5-8,17-18,21,32,38H,9-10H2,1-4H3,(H2,28,37)(H,29,39)/t17?,18?,21-,25+,26+,27-/m1/s1. The first-order valence-electron chi connectivity index (χ1n) is 12.5. The van der Waals surface area contributed by atoms with Crippen molar-refractivity contribution in [1.82, 2.24) is 4.90 Å². The second-order valence-corrected chi connectivity index (χ2v) is 11.6. The predicted octanol–water partition coefficient (Wildman–Crippen LogP) is 1.00. The van der Waals surface area contributed by atoms with Gasteiger partial charge in [0.2, 0.25) is 11.8 Å². The molecule has 0 radical (unpaired) electrons. The van der Waals surface area contributed by atoms with E-state index < -0.39 is 69.1 Å². The van der Waals surface area contributed by atoms with Crippen LogP contribution in [0.2, 0.25) is 0 Å². The van der Waals surface area contributed by atoms with Crippen LogP contribution in [0.15, 0.2) is 34.0 Å². The molecule has 3 aliphatic rings. The Morgan fingerprint density at radius 2 is 1.80 bits per heavy atom. The number of aliphatic hydroxyl groups is 1. The van der Waals surface area contributed by atoms with Crippen molar-refractivity contribution in [2.45, 2.75) is 38.3 Å². The van der Waals surface area contributed by atoms with E-state index in [1.807, 2.05) is 0 Å². The summed E-state index contributed by atoms with van der Waals surface area (Å²) in [5.41, 5.74) is 2.29. The van der Waals surface area contributed by atoms with Crippen molar-refractivity contribution in [3.05, 3.63) is 40.3 Å². The minimum atomic E-state index is -2.87. The van der Waals surface area contributed by atoms with E-state index in [0.29, 0.717) is 11.1 Å². The lowest BCUT2D eigenvalue weighted by Gasteiger charge is -2.61. The summed E-state index contributed by atoms with van der Waals surface area (Å²) < 4.78 is 5.63. The molecule has 1 aromatic carbocycles. The smallest absolute Gasteiger partial charge is 0.235 e. The number of carbonyl (C=O) groups is 5. The number of benzene rings is 1. The molecule has 210 valence electrons. The number of hydrogen-bond donors (Lipinski definition) is 4. The maximum atomic E-state index is 14.2. The topological polar surface area (TPSA) is 210 Å². The molecule has 1 aromatic heterocycles. The number of fused-ring (bicyclic) bond motifs is 3. The molecule has 2 fully saturated rings. The number of nitrogens with two attached hydrogens (primary N) is 1. The van der Waals surface area contributed by atoms with Crippen molar-refractivity contribution in [3.63, 3.8) is 0 Å². The average Bonchev–Trinajstić information content (AvgIpc) is 3.29. The molecule has 0 aliphatic heterocycles. The van der Waals surface area contributed by atoms with Gasteiger partial charge in [0.15, 0.2) is 34.7 Å². The van der Waals surface area contributed by atoms with E-state index in [1.165, 1.54) is 50.2 Å². The Kier molecular flexibility index (Phi) is 5.90. The van der Waals surface area contributed by atoms with Crippen molar-refractivity contribution < 1.29 is 38.6 Å². The van der Waals surface area contributed by atoms with Gasteiger partial charge in [-0.1, -0.05) is 13.8 Å². The number of nitroso groups, excluding NO2 is 1. The SMILES string of the molecule is CN(C)[C@@H]1C(=O)C(C(N)=O)C(=O)[C@@]2(O)C(=O)C3C(=O)c4c(O)ccc(-c5ccc(NN=O)o5)c4C[C@@]3(C)C[C@@]12C. The summed E-state index contributed by atoms with van der Waals surface area (Å²) in [4.78, 5) is 79.5. The van der Waals surface area contributed by atoms with Crippen molar-refractivity contribution in [2.24, 2.45) is 33.7 Å². The minimum Gasteiger partial charge on any atom is -0.507 e. The summed E-state index contributed by atoms with van der Waals surface area (Å²) in [5.74, 6) is -9.17. The number of rotatable bonds is 5. The van der Waals surface area contributed by atoms with Gasteiger partial charge in [-0.15, -0.1) is 4.91 Å². The van der Waals surface area contributed by atoms with E-state index in [0.717, 1.165) is 0 Å². The maximum absolute atomic E-state index is 14.2. The number of phenolic OH excluding ortho intramolecular Hbond substituents is 1. The minimum absolute atomic E-state index is 0.0249. The fraction of sp³-hybridized carbons (Fsp3) is 0.444. The Morgan fingerprint density at radius 3 is 2.40 bits per heavy atom. The molecule has 0 bridgehead atoms. The van der Waals surface area contributed by atoms with Crippen LogP contribution >= 0.6 is 0 Å². The molecule has 1 heterocycles. The fourth-order valence-corrected chi connectivity index (χ4v) is 7.54. The highest BCUT2D eigenvalue weighted by Gasteiger charge is 2.76. The van der Waals surface area contributed by atoms with E-state index in [9.17, 15) is 39.1 Å². The molecule has 1 amide bonds. The van der Waals surface area contributed by atoms with Gasteiger partial charge in [-0.2, -0.15) is 0 Å². The monoisotopic (exact) mass is 552 g/mol. The summed E-state index contributed by atoms with van der Waals surface area (Å²) in [6, 6.07) is 4.51. The van der Waals surface area contributed by atoms with Gasteiger partial charge in [0.05, 0.1) is 22.8 Å². The number of Topliss-reactive ketones (excluding diaryl/α,β-unsaturated/α-hetero) is 4. The van der Waals surface area contributed by atoms with Crippen LogP contribution < -0.4 is 11.2 Å². The van der Waals surface area contributed by atoms with Gasteiger partial charge in [0, 0.05) is 17.0 Å². The van der Waals surface area contributed by atoms with Gasteiger partial charge in [0.1, 0.15) is 11.5 Å². The van der Waals surface area contributed by atoms with Gasteiger partial charge < -0.3 is 20.4 Å². The van der Waals surface area contributed by atoms with Gasteiger partial charge in [0.25, 0.3) is 0 Å². The number of amides is 1. The van der Waals surface area contributed by atoms with E-state index in [4.69, 9.17) is 10.2 Å². The summed E-state index contributed by atoms with van der Waals surface area (Å²) in [7, 11) is 3.05. The summed E-state index contributed by atoms with van der Waals surface area (Å²) in [5, 5.41) is 25.3. The Morgan fingerprint density at radius 1 is 1.12 bits per heavy atom. The molecule has 0 spiro atoms. The zero-order valence-corrected chi connectivity index (χ0v) is 22.2. The lowest BCUT2D eigenvalue weighted by molar-refractivity contribution is -0.203. The zero-order chi connectivity index (χ0) is 29.5. The number of primary amides is 1. The third-order valence-corrected chi connectivity index (χ3v) is 8.90. The highest BCUT2D eigenvalue weighted by Crippen LogP contribution is 2.62. The normalized spacial score (nSPS) is 33.3. The Bertz CT molecular complexity index is 1530. The summed E-state index contributed by atoms with van der Waals surface area (Å²) >= 11 is 0. The first-order chi connectivity index (χ1) is 18.6. The Balaban J connectivity index is 1.72. The largest absolute Gasteiger partial charge is 0.507 e. The van der Waals surface area contributed by atoms with Crippen LogP contribution in [0.3, 0.4) is 0 Å². The van der Waals surface area contributed by atoms with Crippen LogP contribution in [0, 0.1) is 27.6 Å². The molecule has 0 saturated heterocycles. The third kappa shape index (κ3) is 3.30. The molecule has 40 heavy (non-hydrogen) atoms. The van der Waals surface area contributed by atoms with Crippen LogP contribution in [0.25, 0.3) is 11.3 Å². The van der Waals surface area contributed by atoms with Crippen LogP contribution in [0.5, 0.6) is 5.75 Å². The molecular weight excluding hydrogens is 524 g/mol. The number of anilines is 1. The lowest BCUT2D eigenvalue weighted by Crippen LogP contribution is -2.79. The van der Waals surface area contributed by atoms with Gasteiger partial charge in [-0.25, -0.2) is 5.43 Å². The number of phenols is 1. The van der Waals surface area contributed by atoms with Crippen molar-refractivity contribution in [2.75, 3.05) is 19.5 Å². The number of nitrogens with one attached hydrogen (secondary N) is 1. The summed E-state index contributed by atoms with van der Waals surface area (Å²) in [6.45, 7) is 3.09. The van der Waals surface area contributed by atoms with E-state index in [2.05, 4.69) is 10.7 Å². The van der Waals surface area contributed by atoms with Gasteiger partial charge in [-0.05, 0) is 56.1 Å². The number of furan rings is 1. The van der Waals surface area contributed by atoms with E-state index in [1.54, 1.807) is 6.92 Å². The number of aromatic hydroxyl groups is 1. The molecule has 2 unspecified atom stereocenters. The fourth-order valence-electron chi connectivity index (χ4n) is 7.54. The molecule has 2 saturated carbocycles. The van der Waals surface area contributed by atoms with Gasteiger partial charge in [-0.3, -0.25) is 28.9 Å². The Labute approximate surface area is 227 Å². The van der Waals surface area contributed by atoms with E-state index >= 15 is 0 Å². The van der Waals surface area contributed by atoms with Crippen molar-refractivity contribution >= 4 is 34.9 Å². The molecular formula is C27H28N4O9. The van der Waals surface area contributed by atoms with Crippen molar-refractivity contribution in [1.29, 1.82) is 0 Å². The first-order valence-corrected chi connectivity index (χ1v) is 12.5. The van der Waals surface area contributed by atoms with Crippen LogP contribution in [-0.4, -0.2) is 69.9 Å². The maximum Gasteiger partial charge on any atom is 0.235 e. The number of likely N-dealkylation sites (N-methyl/N-ethyl adjacent to an activating group) is 1. The third-order valence-electron chi connectivity index (χ3n) is 8.90.